The monoisotopic (exact) mass is 168 g/mol. The van der Waals surface area contributed by atoms with Gasteiger partial charge < -0.3 is 4.74 Å². The van der Waals surface area contributed by atoms with E-state index in [1.165, 1.54) is 13.0 Å². The lowest BCUT2D eigenvalue weighted by molar-refractivity contribution is -0.139. The second-order valence-electron chi connectivity index (χ2n) is 2.25. The van der Waals surface area contributed by atoms with Crippen LogP contribution in [-0.4, -0.2) is 18.9 Å². The van der Waals surface area contributed by atoms with Gasteiger partial charge in [-0.15, -0.1) is 0 Å². The number of rotatable bonds is 4. The summed E-state index contributed by atoms with van der Waals surface area (Å²) < 4.78 is 4.65. The van der Waals surface area contributed by atoms with Gasteiger partial charge in [0.05, 0.1) is 0 Å². The van der Waals surface area contributed by atoms with Crippen LogP contribution in [0.1, 0.15) is 13.8 Å². The van der Waals surface area contributed by atoms with E-state index in [0.29, 0.717) is 6.29 Å². The van der Waals surface area contributed by atoms with Crippen molar-refractivity contribution >= 4 is 12.3 Å². The molecule has 0 heterocycles. The number of aldehydes is 1. The predicted octanol–water partition coefficient (Wildman–Crippen LogP) is 1.25. The van der Waals surface area contributed by atoms with E-state index in [9.17, 15) is 9.59 Å². The summed E-state index contributed by atoms with van der Waals surface area (Å²) in [6, 6.07) is 0. The van der Waals surface area contributed by atoms with Gasteiger partial charge in [-0.3, -0.25) is 9.59 Å². The third-order valence-corrected chi connectivity index (χ3v) is 1.13. The second-order valence-corrected chi connectivity index (χ2v) is 2.25. The molecule has 0 spiro atoms. The molecule has 0 saturated heterocycles. The minimum Gasteiger partial charge on any atom is -0.462 e. The number of carbonyl (C=O) groups excluding carboxylic acids is 2. The molecule has 0 amide bonds. The van der Waals surface area contributed by atoms with Crippen LogP contribution in [0.5, 0.6) is 0 Å². The van der Waals surface area contributed by atoms with Crippen molar-refractivity contribution in [2.45, 2.75) is 13.8 Å². The summed E-state index contributed by atoms with van der Waals surface area (Å²) in [4.78, 5) is 20.2. The number of hydrogen-bond acceptors (Lipinski definition) is 3. The highest BCUT2D eigenvalue weighted by Gasteiger charge is 1.87. The molecule has 0 aliphatic rings. The molecule has 0 fully saturated rings. The highest BCUT2D eigenvalue weighted by molar-refractivity contribution is 5.66. The standard InChI is InChI=1S/C9H12O3/c1-8(4-3-6-10)5-7-12-9(2)11/h3-6H,7H2,1-2H3. The van der Waals surface area contributed by atoms with E-state index in [2.05, 4.69) is 4.74 Å². The van der Waals surface area contributed by atoms with Crippen molar-refractivity contribution in [1.82, 2.24) is 0 Å². The molecule has 0 aliphatic heterocycles. The zero-order valence-corrected chi connectivity index (χ0v) is 7.24. The van der Waals surface area contributed by atoms with Gasteiger partial charge in [-0.05, 0) is 19.1 Å². The number of carbonyl (C=O) groups is 2. The van der Waals surface area contributed by atoms with E-state index in [4.69, 9.17) is 0 Å². The second kappa shape index (κ2) is 6.34. The summed E-state index contributed by atoms with van der Waals surface area (Å²) >= 11 is 0. The van der Waals surface area contributed by atoms with Gasteiger partial charge in [0, 0.05) is 6.92 Å². The first-order valence-electron chi connectivity index (χ1n) is 3.58. The first-order chi connectivity index (χ1) is 5.66. The van der Waals surface area contributed by atoms with Crippen molar-refractivity contribution in [2.75, 3.05) is 6.61 Å². The Morgan fingerprint density at radius 3 is 2.58 bits per heavy atom. The minimum absolute atomic E-state index is 0.254. The third-order valence-electron chi connectivity index (χ3n) is 1.13. The summed E-state index contributed by atoms with van der Waals surface area (Å²) in [5, 5.41) is 0. The summed E-state index contributed by atoms with van der Waals surface area (Å²) in [5.41, 5.74) is 0.892. The third kappa shape index (κ3) is 6.74. The fraction of sp³-hybridized carbons (Fsp3) is 0.333. The Bertz CT molecular complexity index is 214. The number of ether oxygens (including phenoxy) is 1. The van der Waals surface area contributed by atoms with Crippen LogP contribution >= 0.6 is 0 Å². The van der Waals surface area contributed by atoms with E-state index < -0.39 is 0 Å². The van der Waals surface area contributed by atoms with Gasteiger partial charge in [-0.25, -0.2) is 0 Å². The molecule has 0 aromatic rings. The maximum atomic E-state index is 10.3. The average Bonchev–Trinajstić information content (AvgIpc) is 2.00. The quantitative estimate of drug-likeness (QED) is 0.274. The number of allylic oxidation sites excluding steroid dienone is 3. The van der Waals surface area contributed by atoms with Gasteiger partial charge in [-0.1, -0.05) is 11.6 Å². The molecule has 0 aromatic heterocycles. The van der Waals surface area contributed by atoms with Crippen molar-refractivity contribution in [1.29, 1.82) is 0 Å². The smallest absolute Gasteiger partial charge is 0.302 e. The van der Waals surface area contributed by atoms with E-state index >= 15 is 0 Å². The Labute approximate surface area is 71.7 Å². The molecule has 0 saturated carbocycles. The van der Waals surface area contributed by atoms with E-state index in [-0.39, 0.29) is 12.6 Å². The molecule has 0 atom stereocenters. The van der Waals surface area contributed by atoms with Gasteiger partial charge in [0.25, 0.3) is 0 Å². The van der Waals surface area contributed by atoms with Crippen molar-refractivity contribution in [3.63, 3.8) is 0 Å². The Morgan fingerprint density at radius 1 is 1.42 bits per heavy atom. The molecule has 0 radical (unpaired) electrons. The van der Waals surface area contributed by atoms with Gasteiger partial charge >= 0.3 is 5.97 Å². The maximum Gasteiger partial charge on any atom is 0.302 e. The average molecular weight is 168 g/mol. The summed E-state index contributed by atoms with van der Waals surface area (Å²) in [6.45, 7) is 3.43. The molecule has 3 nitrogen and oxygen atoms in total. The zero-order chi connectivity index (χ0) is 9.40. The fourth-order valence-electron chi connectivity index (χ4n) is 0.550. The summed E-state index contributed by atoms with van der Waals surface area (Å²) in [6.07, 6.45) is 5.46. The van der Waals surface area contributed by atoms with Crippen LogP contribution in [0.4, 0.5) is 0 Å². The Hall–Kier alpha value is -1.38. The zero-order valence-electron chi connectivity index (χ0n) is 7.24. The minimum atomic E-state index is -0.307. The highest BCUT2D eigenvalue weighted by atomic mass is 16.5. The SMILES string of the molecule is CC(=O)OCC=C(C)C=CC=O. The van der Waals surface area contributed by atoms with Gasteiger partial charge in [-0.2, -0.15) is 0 Å². The van der Waals surface area contributed by atoms with Crippen LogP contribution in [0.3, 0.4) is 0 Å². The van der Waals surface area contributed by atoms with E-state index in [0.717, 1.165) is 5.57 Å². The molecule has 12 heavy (non-hydrogen) atoms. The molecule has 0 aliphatic carbocycles. The molecule has 0 rings (SSSR count). The van der Waals surface area contributed by atoms with E-state index in [1.807, 2.05) is 6.92 Å². The summed E-state index contributed by atoms with van der Waals surface area (Å²) in [7, 11) is 0. The molecule has 0 aromatic carbocycles. The van der Waals surface area contributed by atoms with Crippen LogP contribution in [0.15, 0.2) is 23.8 Å². The van der Waals surface area contributed by atoms with E-state index in [1.54, 1.807) is 12.2 Å². The van der Waals surface area contributed by atoms with Crippen molar-refractivity contribution in [3.05, 3.63) is 23.8 Å². The van der Waals surface area contributed by atoms with Crippen molar-refractivity contribution < 1.29 is 14.3 Å². The Kier molecular flexibility index (Phi) is 5.61. The molecular weight excluding hydrogens is 156 g/mol. The Morgan fingerprint density at radius 2 is 2.08 bits per heavy atom. The molecular formula is C9H12O3. The van der Waals surface area contributed by atoms with Crippen LogP contribution in [0.25, 0.3) is 0 Å². The fourth-order valence-corrected chi connectivity index (χ4v) is 0.550. The van der Waals surface area contributed by atoms with Gasteiger partial charge in [0.1, 0.15) is 12.9 Å². The van der Waals surface area contributed by atoms with Crippen molar-refractivity contribution in [3.8, 4) is 0 Å². The first-order valence-corrected chi connectivity index (χ1v) is 3.58. The van der Waals surface area contributed by atoms with Crippen LogP contribution in [-0.2, 0) is 14.3 Å². The molecule has 0 bridgehead atoms. The highest BCUT2D eigenvalue weighted by Crippen LogP contribution is 1.93. The van der Waals surface area contributed by atoms with Crippen LogP contribution in [0, 0.1) is 0 Å². The topological polar surface area (TPSA) is 43.4 Å². The lowest BCUT2D eigenvalue weighted by Gasteiger charge is -1.95. The number of hydrogen-bond donors (Lipinski definition) is 0. The van der Waals surface area contributed by atoms with Gasteiger partial charge in [0.2, 0.25) is 0 Å². The number of esters is 1. The summed E-state index contributed by atoms with van der Waals surface area (Å²) in [5.74, 6) is -0.307. The first kappa shape index (κ1) is 10.6. The van der Waals surface area contributed by atoms with Gasteiger partial charge in [0.15, 0.2) is 0 Å². The predicted molar refractivity (Wildman–Crippen MR) is 45.6 cm³/mol. The Balaban J connectivity index is 3.76. The molecule has 0 unspecified atom stereocenters. The largest absolute Gasteiger partial charge is 0.462 e. The maximum absolute atomic E-state index is 10.3. The molecule has 3 heteroatoms. The molecule has 66 valence electrons. The molecule has 0 N–H and O–H groups in total. The van der Waals surface area contributed by atoms with Crippen LogP contribution in [0.2, 0.25) is 0 Å². The van der Waals surface area contributed by atoms with Crippen LogP contribution < -0.4 is 0 Å². The normalized spacial score (nSPS) is 11.7. The lowest BCUT2D eigenvalue weighted by atomic mass is 10.2. The lowest BCUT2D eigenvalue weighted by Crippen LogP contribution is -1.97. The van der Waals surface area contributed by atoms with Crippen molar-refractivity contribution in [2.24, 2.45) is 0 Å².